The highest BCUT2D eigenvalue weighted by Crippen LogP contribution is 2.29. The van der Waals surface area contributed by atoms with E-state index in [1.807, 2.05) is 18.2 Å². The predicted octanol–water partition coefficient (Wildman–Crippen LogP) is 4.26. The second-order valence-electron chi connectivity index (χ2n) is 4.12. The first-order valence-electron chi connectivity index (χ1n) is 6.16. The number of rotatable bonds is 9. The van der Waals surface area contributed by atoms with Gasteiger partial charge in [-0.2, -0.15) is 0 Å². The van der Waals surface area contributed by atoms with Crippen LogP contribution in [0.5, 0.6) is 0 Å². The van der Waals surface area contributed by atoms with Gasteiger partial charge in [0.25, 0.3) is 0 Å². The van der Waals surface area contributed by atoms with Gasteiger partial charge in [-0.05, 0) is 30.4 Å². The van der Waals surface area contributed by atoms with Crippen LogP contribution in [-0.4, -0.2) is 32.3 Å². The van der Waals surface area contributed by atoms with E-state index in [4.69, 9.17) is 21.1 Å². The Morgan fingerprint density at radius 2 is 2.00 bits per heavy atom. The van der Waals surface area contributed by atoms with E-state index in [-0.39, 0.29) is 0 Å². The Morgan fingerprint density at radius 3 is 2.67 bits per heavy atom. The molecule has 1 aromatic carbocycles. The van der Waals surface area contributed by atoms with Gasteiger partial charge in [0.1, 0.15) is 0 Å². The van der Waals surface area contributed by atoms with Crippen LogP contribution in [0.2, 0.25) is 5.02 Å². The van der Waals surface area contributed by atoms with Crippen LogP contribution in [0.15, 0.2) is 24.3 Å². The average molecular weight is 336 g/mol. The third kappa shape index (κ3) is 5.70. The molecule has 4 heteroatoms. The third-order valence-corrected chi connectivity index (χ3v) is 3.93. The lowest BCUT2D eigenvalue weighted by Crippen LogP contribution is -2.06. The van der Waals surface area contributed by atoms with E-state index in [0.29, 0.717) is 19.1 Å². The van der Waals surface area contributed by atoms with Gasteiger partial charge in [-0.15, -0.1) is 0 Å². The van der Waals surface area contributed by atoms with Crippen LogP contribution in [0.25, 0.3) is 0 Å². The zero-order valence-corrected chi connectivity index (χ0v) is 13.0. The quantitative estimate of drug-likeness (QED) is 0.496. The summed E-state index contributed by atoms with van der Waals surface area (Å²) in [6.07, 6.45) is 2.10. The molecule has 0 saturated carbocycles. The normalized spacial score (nSPS) is 12.6. The zero-order chi connectivity index (χ0) is 13.2. The summed E-state index contributed by atoms with van der Waals surface area (Å²) >= 11 is 9.77. The van der Waals surface area contributed by atoms with Gasteiger partial charge in [0.05, 0.1) is 13.2 Å². The van der Waals surface area contributed by atoms with Gasteiger partial charge in [0.2, 0.25) is 0 Å². The van der Waals surface area contributed by atoms with Crippen LogP contribution < -0.4 is 0 Å². The number of hydrogen-bond donors (Lipinski definition) is 0. The van der Waals surface area contributed by atoms with Crippen molar-refractivity contribution in [2.75, 3.05) is 32.3 Å². The second-order valence-corrected chi connectivity index (χ2v) is 5.17. The highest BCUT2D eigenvalue weighted by Gasteiger charge is 2.12. The summed E-state index contributed by atoms with van der Waals surface area (Å²) in [5, 5.41) is 1.77. The molecular weight excluding hydrogens is 316 g/mol. The summed E-state index contributed by atoms with van der Waals surface area (Å²) in [5.74, 6) is 0.449. The Balaban J connectivity index is 2.32. The average Bonchev–Trinajstić information content (AvgIpc) is 2.39. The summed E-state index contributed by atoms with van der Waals surface area (Å²) in [6.45, 7) is 2.10. The molecule has 0 aliphatic heterocycles. The first-order valence-corrected chi connectivity index (χ1v) is 7.66. The van der Waals surface area contributed by atoms with Crippen LogP contribution in [0.4, 0.5) is 0 Å². The number of alkyl halides is 1. The van der Waals surface area contributed by atoms with Gasteiger partial charge in [-0.3, -0.25) is 0 Å². The Morgan fingerprint density at radius 1 is 1.22 bits per heavy atom. The minimum absolute atomic E-state index is 0.449. The predicted molar refractivity (Wildman–Crippen MR) is 79.9 cm³/mol. The molecule has 102 valence electrons. The fourth-order valence-corrected chi connectivity index (χ4v) is 2.76. The molecule has 0 fully saturated rings. The van der Waals surface area contributed by atoms with Gasteiger partial charge < -0.3 is 9.47 Å². The van der Waals surface area contributed by atoms with Crippen LogP contribution in [0, 0.1) is 0 Å². The van der Waals surface area contributed by atoms with Gasteiger partial charge in [-0.1, -0.05) is 45.7 Å². The van der Waals surface area contributed by atoms with Crippen molar-refractivity contribution < 1.29 is 9.47 Å². The Bertz CT molecular complexity index is 333. The van der Waals surface area contributed by atoms with Crippen LogP contribution >= 0.6 is 27.5 Å². The maximum Gasteiger partial charge on any atom is 0.0700 e. The molecule has 0 aliphatic carbocycles. The molecular formula is C14H20BrClO2. The molecule has 18 heavy (non-hydrogen) atoms. The monoisotopic (exact) mass is 334 g/mol. The van der Waals surface area contributed by atoms with Crippen LogP contribution in [-0.2, 0) is 9.47 Å². The fraction of sp³-hybridized carbons (Fsp3) is 0.571. The summed E-state index contributed by atoms with van der Waals surface area (Å²) in [5.41, 5.74) is 1.22. The van der Waals surface area contributed by atoms with Crippen molar-refractivity contribution >= 4 is 27.5 Å². The lowest BCUT2D eigenvalue weighted by molar-refractivity contribution is 0.0683. The Labute approximate surface area is 123 Å². The SMILES string of the molecule is COCCOCCCC(CBr)c1ccccc1Cl. The van der Waals surface area contributed by atoms with E-state index in [9.17, 15) is 0 Å². The first-order chi connectivity index (χ1) is 8.79. The number of hydrogen-bond acceptors (Lipinski definition) is 2. The molecule has 0 spiro atoms. The van der Waals surface area contributed by atoms with E-state index in [2.05, 4.69) is 22.0 Å². The maximum atomic E-state index is 6.21. The minimum atomic E-state index is 0.449. The highest BCUT2D eigenvalue weighted by atomic mass is 79.9. The van der Waals surface area contributed by atoms with E-state index in [1.54, 1.807) is 7.11 Å². The summed E-state index contributed by atoms with van der Waals surface area (Å²) < 4.78 is 10.4. The second kappa shape index (κ2) is 9.79. The van der Waals surface area contributed by atoms with Gasteiger partial charge in [-0.25, -0.2) is 0 Å². The highest BCUT2D eigenvalue weighted by molar-refractivity contribution is 9.09. The molecule has 1 unspecified atom stereocenters. The number of benzene rings is 1. The van der Waals surface area contributed by atoms with E-state index < -0.39 is 0 Å². The first kappa shape index (κ1) is 16.0. The minimum Gasteiger partial charge on any atom is -0.382 e. The number of halogens is 2. The molecule has 0 N–H and O–H groups in total. The summed E-state index contributed by atoms with van der Waals surface area (Å²) in [7, 11) is 1.68. The smallest absolute Gasteiger partial charge is 0.0700 e. The van der Waals surface area contributed by atoms with Gasteiger partial charge in [0, 0.05) is 24.1 Å². The Kier molecular flexibility index (Phi) is 8.68. The molecule has 0 aromatic heterocycles. The molecule has 0 bridgehead atoms. The zero-order valence-electron chi connectivity index (χ0n) is 10.7. The fourth-order valence-electron chi connectivity index (χ4n) is 1.80. The molecule has 0 radical (unpaired) electrons. The molecule has 1 rings (SSSR count). The van der Waals surface area contributed by atoms with E-state index in [1.165, 1.54) is 5.56 Å². The lowest BCUT2D eigenvalue weighted by Gasteiger charge is -2.16. The molecule has 1 aromatic rings. The Hall–Kier alpha value is -0.0900. The third-order valence-electron chi connectivity index (χ3n) is 2.80. The topological polar surface area (TPSA) is 18.5 Å². The van der Waals surface area contributed by atoms with Crippen molar-refractivity contribution in [1.29, 1.82) is 0 Å². The summed E-state index contributed by atoms with van der Waals surface area (Å²) in [6, 6.07) is 8.04. The standard InChI is InChI=1S/C14H20BrClO2/c1-17-9-10-18-8-4-5-12(11-15)13-6-2-3-7-14(13)16/h2-3,6-7,12H,4-5,8-11H2,1H3. The molecule has 0 heterocycles. The lowest BCUT2D eigenvalue weighted by atomic mass is 9.96. The van der Waals surface area contributed by atoms with Crippen molar-refractivity contribution in [1.82, 2.24) is 0 Å². The van der Waals surface area contributed by atoms with Crippen LogP contribution in [0.3, 0.4) is 0 Å². The number of methoxy groups -OCH3 is 1. The van der Waals surface area contributed by atoms with Crippen molar-refractivity contribution in [2.45, 2.75) is 18.8 Å². The van der Waals surface area contributed by atoms with Crippen molar-refractivity contribution in [2.24, 2.45) is 0 Å². The number of ether oxygens (including phenoxy) is 2. The molecule has 0 amide bonds. The van der Waals surface area contributed by atoms with Crippen LogP contribution in [0.1, 0.15) is 24.3 Å². The van der Waals surface area contributed by atoms with E-state index in [0.717, 1.165) is 29.8 Å². The van der Waals surface area contributed by atoms with Crippen molar-refractivity contribution in [3.05, 3.63) is 34.9 Å². The molecule has 2 nitrogen and oxygen atoms in total. The van der Waals surface area contributed by atoms with E-state index >= 15 is 0 Å². The van der Waals surface area contributed by atoms with Gasteiger partial charge in [0.15, 0.2) is 0 Å². The van der Waals surface area contributed by atoms with Gasteiger partial charge >= 0.3 is 0 Å². The molecule has 1 atom stereocenters. The van der Waals surface area contributed by atoms with Crippen molar-refractivity contribution in [3.8, 4) is 0 Å². The molecule has 0 aliphatic rings. The maximum absolute atomic E-state index is 6.21. The largest absolute Gasteiger partial charge is 0.382 e. The summed E-state index contributed by atoms with van der Waals surface area (Å²) in [4.78, 5) is 0. The molecule has 0 saturated heterocycles. The van der Waals surface area contributed by atoms with Crippen molar-refractivity contribution in [3.63, 3.8) is 0 Å².